The average Bonchev–Trinajstić information content (AvgIpc) is 2.52. The topological polar surface area (TPSA) is 58.4 Å². The van der Waals surface area contributed by atoms with Gasteiger partial charge in [0.2, 0.25) is 5.91 Å². The minimum absolute atomic E-state index is 0.0698. The largest absolute Gasteiger partial charge is 0.354 e. The summed E-state index contributed by atoms with van der Waals surface area (Å²) in [4.78, 5) is 14.2. The summed E-state index contributed by atoms with van der Waals surface area (Å²) in [6.45, 7) is 9.80. The maximum Gasteiger partial charge on any atom is 0.221 e. The summed E-state index contributed by atoms with van der Waals surface area (Å²) < 4.78 is 0. The van der Waals surface area contributed by atoms with Crippen LogP contribution in [0.15, 0.2) is 12.1 Å². The molecule has 4 nitrogen and oxygen atoms in total. The predicted octanol–water partition coefficient (Wildman–Crippen LogP) is 2.43. The third-order valence-corrected chi connectivity index (χ3v) is 4.98. The first kappa shape index (κ1) is 18.0. The normalized spacial score (nSPS) is 18.9. The molecule has 1 aromatic carbocycles. The predicted molar refractivity (Wildman–Crippen MR) is 95.4 cm³/mol. The summed E-state index contributed by atoms with van der Waals surface area (Å²) >= 11 is 0. The van der Waals surface area contributed by atoms with Crippen LogP contribution >= 0.6 is 0 Å². The highest BCUT2D eigenvalue weighted by Crippen LogP contribution is 2.22. The van der Waals surface area contributed by atoms with E-state index in [2.05, 4.69) is 43.1 Å². The van der Waals surface area contributed by atoms with Gasteiger partial charge in [-0.05, 0) is 62.4 Å². The van der Waals surface area contributed by atoms with Crippen molar-refractivity contribution in [2.45, 2.75) is 59.0 Å². The average molecular weight is 317 g/mol. The fraction of sp³-hybridized carbons (Fsp3) is 0.632. The van der Waals surface area contributed by atoms with Crippen molar-refractivity contribution < 1.29 is 4.79 Å². The van der Waals surface area contributed by atoms with Crippen LogP contribution in [0.4, 0.5) is 0 Å². The zero-order valence-corrected chi connectivity index (χ0v) is 14.8. The van der Waals surface area contributed by atoms with Crippen LogP contribution in [0.1, 0.15) is 47.9 Å². The lowest BCUT2D eigenvalue weighted by molar-refractivity contribution is -0.121. The smallest absolute Gasteiger partial charge is 0.221 e. The summed E-state index contributed by atoms with van der Waals surface area (Å²) in [6.07, 6.45) is 4.08. The SMILES string of the molecule is Cc1cc(C)c(CN2CCCCC2CNC(=O)CCN)cc1C. The number of hydrogen-bond donors (Lipinski definition) is 2. The molecule has 0 radical (unpaired) electrons. The summed E-state index contributed by atoms with van der Waals surface area (Å²) in [5.74, 6) is 0.0698. The van der Waals surface area contributed by atoms with Crippen molar-refractivity contribution in [3.8, 4) is 0 Å². The van der Waals surface area contributed by atoms with E-state index in [0.29, 0.717) is 19.0 Å². The highest BCUT2D eigenvalue weighted by atomic mass is 16.1. The molecule has 128 valence electrons. The first-order chi connectivity index (χ1) is 11.0. The lowest BCUT2D eigenvalue weighted by Gasteiger charge is -2.36. The molecular formula is C19H31N3O. The Morgan fingerprint density at radius 1 is 1.22 bits per heavy atom. The molecule has 0 aromatic heterocycles. The van der Waals surface area contributed by atoms with Crippen molar-refractivity contribution >= 4 is 5.91 Å². The maximum atomic E-state index is 11.7. The Balaban J connectivity index is 2.01. The van der Waals surface area contributed by atoms with Gasteiger partial charge in [0.05, 0.1) is 0 Å². The number of nitrogens with one attached hydrogen (secondary N) is 1. The molecule has 1 fully saturated rings. The van der Waals surface area contributed by atoms with Gasteiger partial charge in [-0.15, -0.1) is 0 Å². The van der Waals surface area contributed by atoms with E-state index in [4.69, 9.17) is 5.73 Å². The van der Waals surface area contributed by atoms with E-state index in [-0.39, 0.29) is 5.91 Å². The molecule has 1 aromatic rings. The van der Waals surface area contributed by atoms with Crippen LogP contribution in [0.5, 0.6) is 0 Å². The Hall–Kier alpha value is -1.39. The molecule has 1 aliphatic rings. The lowest BCUT2D eigenvalue weighted by Crippen LogP contribution is -2.46. The van der Waals surface area contributed by atoms with E-state index in [1.807, 2.05) is 0 Å². The Kier molecular flexibility index (Phi) is 6.60. The van der Waals surface area contributed by atoms with Crippen molar-refractivity contribution in [1.82, 2.24) is 10.2 Å². The summed E-state index contributed by atoms with van der Waals surface area (Å²) in [5.41, 5.74) is 10.9. The Morgan fingerprint density at radius 2 is 1.96 bits per heavy atom. The van der Waals surface area contributed by atoms with E-state index < -0.39 is 0 Å². The molecule has 1 heterocycles. The fourth-order valence-electron chi connectivity index (χ4n) is 3.36. The molecule has 1 aliphatic heterocycles. The maximum absolute atomic E-state index is 11.7. The minimum Gasteiger partial charge on any atom is -0.354 e. The Labute approximate surface area is 140 Å². The fourth-order valence-corrected chi connectivity index (χ4v) is 3.36. The van der Waals surface area contributed by atoms with Crippen molar-refractivity contribution in [2.24, 2.45) is 5.73 Å². The molecule has 0 aliphatic carbocycles. The molecule has 0 saturated carbocycles. The molecule has 1 amide bonds. The van der Waals surface area contributed by atoms with E-state index >= 15 is 0 Å². The third kappa shape index (κ3) is 5.05. The Bertz CT molecular complexity index is 542. The van der Waals surface area contributed by atoms with E-state index in [1.165, 1.54) is 35.1 Å². The Morgan fingerprint density at radius 3 is 2.70 bits per heavy atom. The van der Waals surface area contributed by atoms with Crippen molar-refractivity contribution in [3.05, 3.63) is 34.4 Å². The van der Waals surface area contributed by atoms with Gasteiger partial charge in [-0.25, -0.2) is 0 Å². The first-order valence-corrected chi connectivity index (χ1v) is 8.78. The van der Waals surface area contributed by atoms with Crippen LogP contribution in [0.3, 0.4) is 0 Å². The second-order valence-corrected chi connectivity index (χ2v) is 6.83. The van der Waals surface area contributed by atoms with E-state index in [9.17, 15) is 4.79 Å². The number of carbonyl (C=O) groups is 1. The molecule has 1 saturated heterocycles. The molecule has 0 spiro atoms. The number of piperidine rings is 1. The van der Waals surface area contributed by atoms with Gasteiger partial charge in [0.25, 0.3) is 0 Å². The highest BCUT2D eigenvalue weighted by molar-refractivity contribution is 5.76. The number of benzene rings is 1. The number of aryl methyl sites for hydroxylation is 3. The second-order valence-electron chi connectivity index (χ2n) is 6.83. The number of rotatable bonds is 6. The molecule has 23 heavy (non-hydrogen) atoms. The quantitative estimate of drug-likeness (QED) is 0.847. The summed E-state index contributed by atoms with van der Waals surface area (Å²) in [5, 5.41) is 3.04. The standard InChI is InChI=1S/C19H31N3O/c1-14-10-16(3)17(11-15(14)2)13-22-9-5-4-6-18(22)12-21-19(23)7-8-20/h10-11,18H,4-9,12-13,20H2,1-3H3,(H,21,23). The monoisotopic (exact) mass is 317 g/mol. The zero-order valence-electron chi connectivity index (χ0n) is 14.8. The van der Waals surface area contributed by atoms with Crippen LogP contribution < -0.4 is 11.1 Å². The first-order valence-electron chi connectivity index (χ1n) is 8.78. The van der Waals surface area contributed by atoms with E-state index in [0.717, 1.165) is 26.1 Å². The number of likely N-dealkylation sites (tertiary alicyclic amines) is 1. The number of amides is 1. The van der Waals surface area contributed by atoms with Crippen LogP contribution in [0, 0.1) is 20.8 Å². The van der Waals surface area contributed by atoms with Crippen molar-refractivity contribution in [2.75, 3.05) is 19.6 Å². The van der Waals surface area contributed by atoms with Gasteiger partial charge < -0.3 is 11.1 Å². The van der Waals surface area contributed by atoms with Gasteiger partial charge in [0.1, 0.15) is 0 Å². The molecule has 2 rings (SSSR count). The number of nitrogens with zero attached hydrogens (tertiary/aromatic N) is 1. The summed E-state index contributed by atoms with van der Waals surface area (Å²) in [7, 11) is 0. The van der Waals surface area contributed by atoms with Gasteiger partial charge in [-0.3, -0.25) is 9.69 Å². The van der Waals surface area contributed by atoms with Crippen molar-refractivity contribution in [1.29, 1.82) is 0 Å². The molecule has 1 unspecified atom stereocenters. The second kappa shape index (κ2) is 8.46. The molecule has 3 N–H and O–H groups in total. The van der Waals surface area contributed by atoms with Gasteiger partial charge >= 0.3 is 0 Å². The van der Waals surface area contributed by atoms with Crippen LogP contribution in [0.25, 0.3) is 0 Å². The summed E-state index contributed by atoms with van der Waals surface area (Å²) in [6, 6.07) is 5.04. The van der Waals surface area contributed by atoms with Crippen LogP contribution in [-0.4, -0.2) is 36.5 Å². The number of hydrogen-bond acceptors (Lipinski definition) is 3. The van der Waals surface area contributed by atoms with Gasteiger partial charge in [0, 0.05) is 32.1 Å². The number of carbonyl (C=O) groups excluding carboxylic acids is 1. The third-order valence-electron chi connectivity index (χ3n) is 4.98. The van der Waals surface area contributed by atoms with Gasteiger partial charge in [0.15, 0.2) is 0 Å². The molecular weight excluding hydrogens is 286 g/mol. The molecule has 0 bridgehead atoms. The van der Waals surface area contributed by atoms with E-state index in [1.54, 1.807) is 0 Å². The van der Waals surface area contributed by atoms with Gasteiger partial charge in [-0.2, -0.15) is 0 Å². The number of nitrogens with two attached hydrogens (primary N) is 1. The highest BCUT2D eigenvalue weighted by Gasteiger charge is 2.23. The minimum atomic E-state index is 0.0698. The van der Waals surface area contributed by atoms with Gasteiger partial charge in [-0.1, -0.05) is 18.6 Å². The lowest BCUT2D eigenvalue weighted by atomic mass is 9.97. The molecule has 1 atom stereocenters. The van der Waals surface area contributed by atoms with Crippen LogP contribution in [-0.2, 0) is 11.3 Å². The zero-order chi connectivity index (χ0) is 16.8. The molecule has 4 heteroatoms. The van der Waals surface area contributed by atoms with Crippen molar-refractivity contribution in [3.63, 3.8) is 0 Å². The van der Waals surface area contributed by atoms with Crippen LogP contribution in [0.2, 0.25) is 0 Å².